The number of carbonyl (C=O) groups is 1. The van der Waals surface area contributed by atoms with E-state index in [1.54, 1.807) is 23.7 Å². The minimum absolute atomic E-state index is 0.0134. The molecular weight excluding hydrogens is 344 g/mol. The summed E-state index contributed by atoms with van der Waals surface area (Å²) in [5.74, 6) is 6.91. The van der Waals surface area contributed by atoms with Crippen LogP contribution < -0.4 is 4.90 Å². The number of carbonyl (C=O) groups excluding carboxylic acids is 1. The quantitative estimate of drug-likeness (QED) is 0.724. The van der Waals surface area contributed by atoms with E-state index < -0.39 is 0 Å². The number of pyridine rings is 1. The number of ether oxygens (including phenoxy) is 1. The second-order valence-corrected chi connectivity index (χ2v) is 8.62. The van der Waals surface area contributed by atoms with E-state index in [1.165, 1.54) is 0 Å². The predicted molar refractivity (Wildman–Crippen MR) is 104 cm³/mol. The minimum Gasteiger partial charge on any atom is -0.378 e. The van der Waals surface area contributed by atoms with Gasteiger partial charge in [0.1, 0.15) is 5.00 Å². The molecule has 0 saturated carbocycles. The van der Waals surface area contributed by atoms with Gasteiger partial charge in [0.25, 0.3) is 0 Å². The van der Waals surface area contributed by atoms with Crippen molar-refractivity contribution in [1.82, 2.24) is 4.98 Å². The van der Waals surface area contributed by atoms with Crippen LogP contribution in [0.25, 0.3) is 0 Å². The van der Waals surface area contributed by atoms with Crippen LogP contribution in [-0.4, -0.2) is 37.1 Å². The van der Waals surface area contributed by atoms with E-state index in [9.17, 15) is 4.79 Å². The summed E-state index contributed by atoms with van der Waals surface area (Å²) in [5, 5.41) is 1.13. The molecule has 0 amide bonds. The van der Waals surface area contributed by atoms with Gasteiger partial charge in [0.2, 0.25) is 0 Å². The van der Waals surface area contributed by atoms with Gasteiger partial charge in [-0.2, -0.15) is 0 Å². The van der Waals surface area contributed by atoms with Crippen molar-refractivity contribution in [3.63, 3.8) is 0 Å². The molecule has 1 aliphatic heterocycles. The maximum Gasteiger partial charge on any atom is 0.173 e. The van der Waals surface area contributed by atoms with E-state index >= 15 is 0 Å². The standard InChI is InChI=1S/C21H22N2O2S/c1-21(2)13-17-16(4-3-15-5-7-22-8-6-15)20(23-9-11-25-12-10-23)26-19(17)18(24)14-21/h5-8H,9-14H2,1-2H3. The molecule has 0 spiro atoms. The smallest absolute Gasteiger partial charge is 0.173 e. The number of nitrogens with zero attached hydrogens (tertiary/aromatic N) is 2. The summed E-state index contributed by atoms with van der Waals surface area (Å²) in [5.41, 5.74) is 3.10. The molecule has 0 bridgehead atoms. The predicted octanol–water partition coefficient (Wildman–Crippen LogP) is 3.53. The number of hydrogen-bond acceptors (Lipinski definition) is 5. The van der Waals surface area contributed by atoms with Gasteiger partial charge in [0.05, 0.1) is 23.7 Å². The van der Waals surface area contributed by atoms with Gasteiger partial charge in [-0.05, 0) is 29.5 Å². The van der Waals surface area contributed by atoms with Crippen molar-refractivity contribution in [3.8, 4) is 11.8 Å². The molecule has 26 heavy (non-hydrogen) atoms. The highest BCUT2D eigenvalue weighted by Gasteiger charge is 2.36. The van der Waals surface area contributed by atoms with Crippen LogP contribution in [0.3, 0.4) is 0 Å². The molecule has 134 valence electrons. The number of fused-ring (bicyclic) bond motifs is 1. The highest BCUT2D eigenvalue weighted by Crippen LogP contribution is 2.44. The fraction of sp³-hybridized carbons (Fsp3) is 0.429. The summed E-state index contributed by atoms with van der Waals surface area (Å²) in [6.45, 7) is 7.47. The van der Waals surface area contributed by atoms with E-state index in [1.807, 2.05) is 12.1 Å². The Balaban J connectivity index is 1.81. The van der Waals surface area contributed by atoms with Gasteiger partial charge >= 0.3 is 0 Å². The monoisotopic (exact) mass is 366 g/mol. The molecule has 5 heteroatoms. The lowest BCUT2D eigenvalue weighted by Crippen LogP contribution is -2.36. The highest BCUT2D eigenvalue weighted by molar-refractivity contribution is 7.18. The summed E-state index contributed by atoms with van der Waals surface area (Å²) in [7, 11) is 0. The third kappa shape index (κ3) is 3.40. The van der Waals surface area contributed by atoms with Crippen LogP contribution in [-0.2, 0) is 11.2 Å². The Labute approximate surface area is 158 Å². The molecule has 0 unspecified atom stereocenters. The molecule has 2 aromatic heterocycles. The summed E-state index contributed by atoms with van der Waals surface area (Å²) in [6.07, 6.45) is 5.01. The van der Waals surface area contributed by atoms with Crippen LogP contribution in [0.5, 0.6) is 0 Å². The third-order valence-corrected chi connectivity index (χ3v) is 6.18. The SMILES string of the molecule is CC1(C)CC(=O)c2sc(N3CCOCC3)c(C#Cc3ccncc3)c2C1. The van der Waals surface area contributed by atoms with Crippen molar-refractivity contribution in [3.05, 3.63) is 46.1 Å². The normalized spacial score (nSPS) is 18.8. The van der Waals surface area contributed by atoms with Gasteiger partial charge in [-0.15, -0.1) is 11.3 Å². The molecule has 3 heterocycles. The first-order chi connectivity index (χ1) is 12.5. The molecule has 0 radical (unpaired) electrons. The molecule has 1 aliphatic carbocycles. The van der Waals surface area contributed by atoms with E-state index in [0.29, 0.717) is 6.42 Å². The number of aromatic nitrogens is 1. The summed E-state index contributed by atoms with van der Waals surface area (Å²) < 4.78 is 5.50. The number of thiophene rings is 1. The molecule has 0 aromatic carbocycles. The molecule has 4 nitrogen and oxygen atoms in total. The van der Waals surface area contributed by atoms with Gasteiger partial charge in [0.15, 0.2) is 5.78 Å². The zero-order chi connectivity index (χ0) is 18.1. The Morgan fingerprint density at radius 2 is 1.88 bits per heavy atom. The van der Waals surface area contributed by atoms with Gasteiger partial charge in [-0.25, -0.2) is 0 Å². The third-order valence-electron chi connectivity index (χ3n) is 4.85. The van der Waals surface area contributed by atoms with Crippen molar-refractivity contribution < 1.29 is 9.53 Å². The number of morpholine rings is 1. The van der Waals surface area contributed by atoms with Crippen LogP contribution >= 0.6 is 11.3 Å². The highest BCUT2D eigenvalue weighted by atomic mass is 32.1. The first kappa shape index (κ1) is 17.3. The molecule has 0 atom stereocenters. The number of hydrogen-bond donors (Lipinski definition) is 0. The van der Waals surface area contributed by atoms with Crippen molar-refractivity contribution in [1.29, 1.82) is 0 Å². The molecule has 4 rings (SSSR count). The zero-order valence-electron chi connectivity index (χ0n) is 15.2. The number of anilines is 1. The Morgan fingerprint density at radius 1 is 1.15 bits per heavy atom. The first-order valence-corrected chi connectivity index (χ1v) is 9.79. The Hall–Kier alpha value is -2.16. The maximum atomic E-state index is 12.7. The molecule has 1 saturated heterocycles. The summed E-state index contributed by atoms with van der Waals surface area (Å²) in [6, 6.07) is 3.82. The largest absolute Gasteiger partial charge is 0.378 e. The fourth-order valence-corrected chi connectivity index (χ4v) is 4.85. The lowest BCUT2D eigenvalue weighted by molar-refractivity contribution is 0.0917. The number of rotatable bonds is 1. The topological polar surface area (TPSA) is 42.4 Å². The van der Waals surface area contributed by atoms with Crippen molar-refractivity contribution in [2.75, 3.05) is 31.2 Å². The summed E-state index contributed by atoms with van der Waals surface area (Å²) in [4.78, 5) is 20.0. The van der Waals surface area contributed by atoms with Gasteiger partial charge in [0, 0.05) is 37.5 Å². The van der Waals surface area contributed by atoms with E-state index in [4.69, 9.17) is 4.74 Å². The summed E-state index contributed by atoms with van der Waals surface area (Å²) >= 11 is 1.62. The Morgan fingerprint density at radius 3 is 2.62 bits per heavy atom. The van der Waals surface area contributed by atoms with Gasteiger partial charge < -0.3 is 9.64 Å². The van der Waals surface area contributed by atoms with Crippen molar-refractivity contribution in [2.24, 2.45) is 5.41 Å². The first-order valence-electron chi connectivity index (χ1n) is 8.97. The minimum atomic E-state index is -0.0134. The van der Waals surface area contributed by atoms with Crippen LogP contribution in [0.15, 0.2) is 24.5 Å². The van der Waals surface area contributed by atoms with Crippen LogP contribution in [0.4, 0.5) is 5.00 Å². The van der Waals surface area contributed by atoms with Crippen LogP contribution in [0.1, 0.15) is 46.6 Å². The van der Waals surface area contributed by atoms with Gasteiger partial charge in [-0.3, -0.25) is 9.78 Å². The zero-order valence-corrected chi connectivity index (χ0v) is 16.0. The van der Waals surface area contributed by atoms with E-state index in [0.717, 1.165) is 59.3 Å². The Bertz CT molecular complexity index is 884. The van der Waals surface area contributed by atoms with Crippen LogP contribution in [0.2, 0.25) is 0 Å². The molecule has 2 aromatic rings. The van der Waals surface area contributed by atoms with E-state index in [2.05, 4.69) is 35.6 Å². The average molecular weight is 366 g/mol. The van der Waals surface area contributed by atoms with Crippen molar-refractivity contribution in [2.45, 2.75) is 26.7 Å². The molecule has 2 aliphatic rings. The second-order valence-electron chi connectivity index (χ2n) is 7.62. The van der Waals surface area contributed by atoms with Crippen molar-refractivity contribution >= 4 is 22.1 Å². The molecule has 1 fully saturated rings. The van der Waals surface area contributed by atoms with Crippen LogP contribution in [0, 0.1) is 17.3 Å². The van der Waals surface area contributed by atoms with E-state index in [-0.39, 0.29) is 11.2 Å². The molecule has 0 N–H and O–H groups in total. The fourth-order valence-electron chi connectivity index (χ4n) is 3.59. The average Bonchev–Trinajstić information content (AvgIpc) is 2.99. The Kier molecular flexibility index (Phi) is 4.56. The second kappa shape index (κ2) is 6.86. The lowest BCUT2D eigenvalue weighted by atomic mass is 9.75. The number of ketones is 1. The maximum absolute atomic E-state index is 12.7. The number of Topliss-reactive ketones (excluding diaryl/α,β-unsaturated/α-hetero) is 1. The molecular formula is C21H22N2O2S. The van der Waals surface area contributed by atoms with Gasteiger partial charge in [-0.1, -0.05) is 25.7 Å². The lowest BCUT2D eigenvalue weighted by Gasteiger charge is -2.29.